The second-order valence-electron chi connectivity index (χ2n) is 4.89. The van der Waals surface area contributed by atoms with Crippen molar-refractivity contribution >= 4 is 34.7 Å². The van der Waals surface area contributed by atoms with Crippen LogP contribution in [0.25, 0.3) is 0 Å². The number of carbonyl (C=O) groups is 2. The highest BCUT2D eigenvalue weighted by Gasteiger charge is 2.06. The number of nitrogens with one attached hydrogen (secondary N) is 2. The third-order valence-electron chi connectivity index (χ3n) is 3.16. The van der Waals surface area contributed by atoms with Crippen molar-refractivity contribution in [2.24, 2.45) is 0 Å². The van der Waals surface area contributed by atoms with Gasteiger partial charge in [-0.3, -0.25) is 9.59 Å². The van der Waals surface area contributed by atoms with E-state index in [4.69, 9.17) is 16.3 Å². The second-order valence-corrected chi connectivity index (χ2v) is 5.30. The third kappa shape index (κ3) is 4.72. The lowest BCUT2D eigenvalue weighted by atomic mass is 10.1. The quantitative estimate of drug-likeness (QED) is 0.793. The van der Waals surface area contributed by atoms with E-state index in [0.29, 0.717) is 27.7 Å². The minimum absolute atomic E-state index is 0.0490. The number of benzene rings is 2. The number of hydrogen-bond acceptors (Lipinski definition) is 4. The highest BCUT2D eigenvalue weighted by Crippen LogP contribution is 2.27. The van der Waals surface area contributed by atoms with Crippen molar-refractivity contribution in [3.63, 3.8) is 0 Å². The van der Waals surface area contributed by atoms with Gasteiger partial charge in [0.15, 0.2) is 5.78 Å². The Hall–Kier alpha value is -2.53. The van der Waals surface area contributed by atoms with Crippen molar-refractivity contribution in [1.82, 2.24) is 0 Å². The fourth-order valence-corrected chi connectivity index (χ4v) is 2.24. The van der Waals surface area contributed by atoms with Gasteiger partial charge in [-0.05, 0) is 37.3 Å². The van der Waals surface area contributed by atoms with Crippen molar-refractivity contribution in [2.45, 2.75) is 6.92 Å². The summed E-state index contributed by atoms with van der Waals surface area (Å²) in [5, 5.41) is 6.17. The number of amides is 1. The molecule has 0 atom stereocenters. The summed E-state index contributed by atoms with van der Waals surface area (Å²) >= 11 is 6.02. The molecule has 2 N–H and O–H groups in total. The van der Waals surface area contributed by atoms with Crippen LogP contribution in [0, 0.1) is 0 Å². The van der Waals surface area contributed by atoms with Crippen LogP contribution in [0.3, 0.4) is 0 Å². The molecule has 2 rings (SSSR count). The molecule has 1 amide bonds. The summed E-state index contributed by atoms with van der Waals surface area (Å²) in [7, 11) is 1.54. The molecule has 0 radical (unpaired) electrons. The highest BCUT2D eigenvalue weighted by atomic mass is 35.5. The molecule has 0 heterocycles. The Morgan fingerprint density at radius 2 is 1.91 bits per heavy atom. The number of ketones is 1. The van der Waals surface area contributed by atoms with E-state index in [1.165, 1.54) is 14.0 Å². The zero-order chi connectivity index (χ0) is 16.8. The number of rotatable bonds is 6. The maximum atomic E-state index is 12.0. The van der Waals surface area contributed by atoms with Crippen molar-refractivity contribution in [2.75, 3.05) is 24.3 Å². The monoisotopic (exact) mass is 332 g/mol. The highest BCUT2D eigenvalue weighted by molar-refractivity contribution is 6.32. The first kappa shape index (κ1) is 16.8. The van der Waals surface area contributed by atoms with Crippen LogP contribution in [0.15, 0.2) is 42.5 Å². The van der Waals surface area contributed by atoms with Crippen LogP contribution in [0.5, 0.6) is 5.75 Å². The predicted molar refractivity (Wildman–Crippen MR) is 91.6 cm³/mol. The Balaban J connectivity index is 1.94. The maximum absolute atomic E-state index is 12.0. The zero-order valence-electron chi connectivity index (χ0n) is 12.9. The second kappa shape index (κ2) is 7.65. The summed E-state index contributed by atoms with van der Waals surface area (Å²) in [6, 6.07) is 12.0. The van der Waals surface area contributed by atoms with E-state index in [1.807, 2.05) is 0 Å². The number of carbonyl (C=O) groups excluding carboxylic acids is 2. The van der Waals surface area contributed by atoms with Crippen LogP contribution in [0.4, 0.5) is 11.4 Å². The van der Waals surface area contributed by atoms with Crippen LogP contribution in [0.2, 0.25) is 5.02 Å². The number of anilines is 2. The summed E-state index contributed by atoms with van der Waals surface area (Å²) in [5.41, 5.74) is 1.85. The van der Waals surface area contributed by atoms with E-state index in [9.17, 15) is 9.59 Å². The molecule has 0 spiro atoms. The van der Waals surface area contributed by atoms with Crippen molar-refractivity contribution in [1.29, 1.82) is 0 Å². The van der Waals surface area contributed by atoms with Crippen molar-refractivity contribution < 1.29 is 14.3 Å². The minimum Gasteiger partial charge on any atom is -0.495 e. The predicted octanol–water partition coefficient (Wildman–Crippen LogP) is 3.60. The summed E-state index contributed by atoms with van der Waals surface area (Å²) in [5.74, 6) is 0.299. The van der Waals surface area contributed by atoms with Gasteiger partial charge < -0.3 is 15.4 Å². The van der Waals surface area contributed by atoms with Crippen LogP contribution in [0.1, 0.15) is 17.3 Å². The first-order chi connectivity index (χ1) is 11.0. The molecule has 23 heavy (non-hydrogen) atoms. The summed E-state index contributed by atoms with van der Waals surface area (Å²) < 4.78 is 5.07. The van der Waals surface area contributed by atoms with Crippen molar-refractivity contribution in [3.8, 4) is 5.75 Å². The average Bonchev–Trinajstić information content (AvgIpc) is 2.53. The van der Waals surface area contributed by atoms with Gasteiger partial charge in [-0.1, -0.05) is 23.7 Å². The Labute approximate surface area is 139 Å². The van der Waals surface area contributed by atoms with Gasteiger partial charge in [-0.25, -0.2) is 0 Å². The van der Waals surface area contributed by atoms with Gasteiger partial charge in [-0.15, -0.1) is 0 Å². The largest absolute Gasteiger partial charge is 0.495 e. The molecule has 0 saturated carbocycles. The standard InChI is InChI=1S/C17H17ClN2O3/c1-11(21)12-4-3-5-14(8-12)20-17(22)10-19-13-6-7-16(23-2)15(18)9-13/h3-9,19H,10H2,1-2H3,(H,20,22). The molecule has 5 nitrogen and oxygen atoms in total. The molecule has 0 aliphatic rings. The number of Topliss-reactive ketones (excluding diaryl/α,β-unsaturated/α-hetero) is 1. The molecule has 0 aliphatic heterocycles. The molecule has 0 fully saturated rings. The molecule has 2 aromatic carbocycles. The van der Waals surface area contributed by atoms with Gasteiger partial charge >= 0.3 is 0 Å². The molecular weight excluding hydrogens is 316 g/mol. The third-order valence-corrected chi connectivity index (χ3v) is 3.45. The molecule has 120 valence electrons. The van der Waals surface area contributed by atoms with E-state index in [1.54, 1.807) is 42.5 Å². The first-order valence-electron chi connectivity index (χ1n) is 6.98. The molecule has 0 aliphatic carbocycles. The lowest BCUT2D eigenvalue weighted by molar-refractivity contribution is -0.114. The summed E-state index contributed by atoms with van der Waals surface area (Å²) in [6.45, 7) is 1.56. The normalized spacial score (nSPS) is 10.0. The molecule has 2 aromatic rings. The molecule has 6 heteroatoms. The zero-order valence-corrected chi connectivity index (χ0v) is 13.6. The summed E-state index contributed by atoms with van der Waals surface area (Å²) in [4.78, 5) is 23.3. The molecular formula is C17H17ClN2O3. The summed E-state index contributed by atoms with van der Waals surface area (Å²) in [6.07, 6.45) is 0. The number of hydrogen-bond donors (Lipinski definition) is 2. The van der Waals surface area contributed by atoms with Gasteiger partial charge in [0.2, 0.25) is 5.91 Å². The van der Waals surface area contributed by atoms with Gasteiger partial charge in [0, 0.05) is 16.9 Å². The minimum atomic E-state index is -0.224. The van der Waals surface area contributed by atoms with Gasteiger partial charge in [0.1, 0.15) is 5.75 Å². The fraction of sp³-hybridized carbons (Fsp3) is 0.176. The smallest absolute Gasteiger partial charge is 0.243 e. The maximum Gasteiger partial charge on any atom is 0.243 e. The van der Waals surface area contributed by atoms with Crippen LogP contribution < -0.4 is 15.4 Å². The van der Waals surface area contributed by atoms with Gasteiger partial charge in [0.05, 0.1) is 18.7 Å². The van der Waals surface area contributed by atoms with E-state index < -0.39 is 0 Å². The topological polar surface area (TPSA) is 67.4 Å². The Bertz CT molecular complexity index is 732. The number of methoxy groups -OCH3 is 1. The van der Waals surface area contributed by atoms with Crippen LogP contribution in [-0.2, 0) is 4.79 Å². The molecule has 0 saturated heterocycles. The van der Waals surface area contributed by atoms with E-state index in [-0.39, 0.29) is 18.2 Å². The van der Waals surface area contributed by atoms with Gasteiger partial charge in [0.25, 0.3) is 0 Å². The lowest BCUT2D eigenvalue weighted by Gasteiger charge is -2.10. The Morgan fingerprint density at radius 1 is 1.13 bits per heavy atom. The van der Waals surface area contributed by atoms with Crippen molar-refractivity contribution in [3.05, 3.63) is 53.1 Å². The number of ether oxygens (including phenoxy) is 1. The van der Waals surface area contributed by atoms with Crippen LogP contribution in [-0.4, -0.2) is 25.3 Å². The van der Waals surface area contributed by atoms with E-state index >= 15 is 0 Å². The van der Waals surface area contributed by atoms with Gasteiger partial charge in [-0.2, -0.15) is 0 Å². The molecule has 0 bridgehead atoms. The van der Waals surface area contributed by atoms with E-state index in [2.05, 4.69) is 10.6 Å². The SMILES string of the molecule is COc1ccc(NCC(=O)Nc2cccc(C(C)=O)c2)cc1Cl. The van der Waals surface area contributed by atoms with Crippen LogP contribution >= 0.6 is 11.6 Å². The first-order valence-corrected chi connectivity index (χ1v) is 7.35. The number of halogens is 1. The molecule has 0 unspecified atom stereocenters. The fourth-order valence-electron chi connectivity index (χ4n) is 1.98. The molecule has 0 aromatic heterocycles. The Morgan fingerprint density at radius 3 is 2.57 bits per heavy atom. The average molecular weight is 333 g/mol. The Kier molecular flexibility index (Phi) is 5.60. The van der Waals surface area contributed by atoms with E-state index in [0.717, 1.165) is 0 Å². The lowest BCUT2D eigenvalue weighted by Crippen LogP contribution is -2.21.